The molecule has 20 heavy (non-hydrogen) atoms. The molecule has 1 aromatic carbocycles. The van der Waals surface area contributed by atoms with Gasteiger partial charge >= 0.3 is 0 Å². The zero-order chi connectivity index (χ0) is 13.9. The Morgan fingerprint density at radius 3 is 2.95 bits per heavy atom. The Morgan fingerprint density at radius 1 is 1.30 bits per heavy atom. The van der Waals surface area contributed by atoms with Crippen LogP contribution in [0.4, 0.5) is 0 Å². The van der Waals surface area contributed by atoms with Crippen molar-refractivity contribution >= 4 is 17.8 Å². The molecule has 100 valence electrons. The predicted molar refractivity (Wildman–Crippen MR) is 74.4 cm³/mol. The summed E-state index contributed by atoms with van der Waals surface area (Å²) in [6.07, 6.45) is 3.15. The van der Waals surface area contributed by atoms with Crippen molar-refractivity contribution in [3.8, 4) is 5.75 Å². The molecule has 1 aliphatic heterocycles. The molecule has 1 aliphatic rings. The maximum Gasteiger partial charge on any atom is 0.275 e. The molecule has 0 radical (unpaired) electrons. The molecule has 1 aromatic heterocycles. The first-order valence-electron chi connectivity index (χ1n) is 6.06. The molecule has 0 saturated carbocycles. The fourth-order valence-corrected chi connectivity index (χ4v) is 1.88. The Balaban J connectivity index is 1.93. The molecule has 5 heteroatoms. The van der Waals surface area contributed by atoms with Crippen LogP contribution in [-0.4, -0.2) is 18.9 Å². The Hall–Kier alpha value is -2.82. The standard InChI is InChI=1S/C15H12N2O3/c1-19-11-5-2-4-10(8-11)14-16-13(15(18)17-14)9-12-6-3-7-20-12/h2-9H,1H3,(H,16,17,18)/b13-9+. The van der Waals surface area contributed by atoms with E-state index in [1.807, 2.05) is 24.3 Å². The second kappa shape index (κ2) is 5.05. The highest BCUT2D eigenvalue weighted by atomic mass is 16.5. The average Bonchev–Trinajstić information content (AvgIpc) is 3.10. The lowest BCUT2D eigenvalue weighted by atomic mass is 10.2. The summed E-state index contributed by atoms with van der Waals surface area (Å²) in [5.74, 6) is 1.56. The third kappa shape index (κ3) is 2.33. The number of aliphatic imine (C=N–C) groups is 1. The number of nitrogens with zero attached hydrogens (tertiary/aromatic N) is 1. The minimum Gasteiger partial charge on any atom is -0.497 e. The summed E-state index contributed by atoms with van der Waals surface area (Å²) >= 11 is 0. The Labute approximate surface area is 115 Å². The fourth-order valence-electron chi connectivity index (χ4n) is 1.88. The average molecular weight is 268 g/mol. The summed E-state index contributed by atoms with van der Waals surface area (Å²) in [4.78, 5) is 16.2. The number of amides is 1. The number of methoxy groups -OCH3 is 1. The van der Waals surface area contributed by atoms with E-state index in [0.717, 1.165) is 5.56 Å². The molecule has 3 rings (SSSR count). The molecule has 0 fully saturated rings. The molecule has 0 atom stereocenters. The number of ether oxygens (including phenoxy) is 1. The molecular weight excluding hydrogens is 256 g/mol. The summed E-state index contributed by atoms with van der Waals surface area (Å²) in [5.41, 5.74) is 1.11. The van der Waals surface area contributed by atoms with Crippen molar-refractivity contribution in [1.29, 1.82) is 0 Å². The van der Waals surface area contributed by atoms with Crippen molar-refractivity contribution in [2.75, 3.05) is 7.11 Å². The van der Waals surface area contributed by atoms with Gasteiger partial charge in [-0.1, -0.05) is 12.1 Å². The van der Waals surface area contributed by atoms with Gasteiger partial charge in [0.15, 0.2) is 0 Å². The number of amidine groups is 1. The number of furan rings is 1. The lowest BCUT2D eigenvalue weighted by molar-refractivity contribution is -0.115. The largest absolute Gasteiger partial charge is 0.497 e. The third-order valence-corrected chi connectivity index (χ3v) is 2.86. The summed E-state index contributed by atoms with van der Waals surface area (Å²) in [6, 6.07) is 10.9. The first-order valence-corrected chi connectivity index (χ1v) is 6.06. The summed E-state index contributed by atoms with van der Waals surface area (Å²) in [5, 5.41) is 2.73. The molecule has 0 aliphatic carbocycles. The van der Waals surface area contributed by atoms with E-state index in [9.17, 15) is 4.79 Å². The Bertz CT molecular complexity index is 700. The predicted octanol–water partition coefficient (Wildman–Crippen LogP) is 2.21. The first-order chi connectivity index (χ1) is 9.76. The van der Waals surface area contributed by atoms with Gasteiger partial charge in [-0.25, -0.2) is 4.99 Å². The lowest BCUT2D eigenvalue weighted by Gasteiger charge is -2.03. The Morgan fingerprint density at radius 2 is 2.20 bits per heavy atom. The van der Waals surface area contributed by atoms with Crippen LogP contribution in [0.15, 0.2) is 57.8 Å². The van der Waals surface area contributed by atoms with E-state index in [2.05, 4.69) is 10.3 Å². The van der Waals surface area contributed by atoms with Crippen LogP contribution >= 0.6 is 0 Å². The quantitative estimate of drug-likeness (QED) is 0.868. The van der Waals surface area contributed by atoms with Crippen molar-refractivity contribution in [1.82, 2.24) is 5.32 Å². The summed E-state index contributed by atoms with van der Waals surface area (Å²) in [7, 11) is 1.59. The molecular formula is C15H12N2O3. The molecule has 0 saturated heterocycles. The Kier molecular flexibility index (Phi) is 3.09. The first kappa shape index (κ1) is 12.2. The molecule has 1 N–H and O–H groups in total. The van der Waals surface area contributed by atoms with E-state index in [1.54, 1.807) is 31.6 Å². The van der Waals surface area contributed by atoms with Crippen molar-refractivity contribution < 1.29 is 13.9 Å². The monoisotopic (exact) mass is 268 g/mol. The maximum absolute atomic E-state index is 11.9. The number of carbonyl (C=O) groups excluding carboxylic acids is 1. The molecule has 0 spiro atoms. The molecule has 0 bridgehead atoms. The highest BCUT2D eigenvalue weighted by Gasteiger charge is 2.21. The van der Waals surface area contributed by atoms with Gasteiger partial charge in [-0.3, -0.25) is 4.79 Å². The van der Waals surface area contributed by atoms with Gasteiger partial charge in [-0.05, 0) is 24.3 Å². The molecule has 5 nitrogen and oxygen atoms in total. The van der Waals surface area contributed by atoms with Gasteiger partial charge in [0, 0.05) is 11.6 Å². The van der Waals surface area contributed by atoms with Crippen LogP contribution in [0, 0.1) is 0 Å². The maximum atomic E-state index is 11.9. The van der Waals surface area contributed by atoms with Gasteiger partial charge in [-0.2, -0.15) is 0 Å². The zero-order valence-corrected chi connectivity index (χ0v) is 10.8. The normalized spacial score (nSPS) is 16.1. The van der Waals surface area contributed by atoms with E-state index in [1.165, 1.54) is 0 Å². The van der Waals surface area contributed by atoms with Gasteiger partial charge in [0.05, 0.1) is 13.4 Å². The summed E-state index contributed by atoms with van der Waals surface area (Å²) in [6.45, 7) is 0. The smallest absolute Gasteiger partial charge is 0.275 e. The van der Waals surface area contributed by atoms with Crippen molar-refractivity contribution in [3.63, 3.8) is 0 Å². The third-order valence-electron chi connectivity index (χ3n) is 2.86. The number of hydrogen-bond donors (Lipinski definition) is 1. The van der Waals surface area contributed by atoms with Gasteiger partial charge in [0.25, 0.3) is 5.91 Å². The minimum atomic E-state index is -0.251. The van der Waals surface area contributed by atoms with Crippen molar-refractivity contribution in [2.45, 2.75) is 0 Å². The van der Waals surface area contributed by atoms with Gasteiger partial charge in [0.2, 0.25) is 0 Å². The van der Waals surface area contributed by atoms with Crippen LogP contribution in [0.25, 0.3) is 6.08 Å². The minimum absolute atomic E-state index is 0.251. The van der Waals surface area contributed by atoms with E-state index in [0.29, 0.717) is 23.0 Å². The van der Waals surface area contributed by atoms with E-state index in [4.69, 9.17) is 9.15 Å². The molecule has 2 aromatic rings. The van der Waals surface area contributed by atoms with Crippen LogP contribution in [0.2, 0.25) is 0 Å². The van der Waals surface area contributed by atoms with Crippen molar-refractivity contribution in [3.05, 3.63) is 59.7 Å². The van der Waals surface area contributed by atoms with Crippen LogP contribution in [-0.2, 0) is 4.79 Å². The van der Waals surface area contributed by atoms with E-state index >= 15 is 0 Å². The zero-order valence-electron chi connectivity index (χ0n) is 10.8. The number of benzene rings is 1. The highest BCUT2D eigenvalue weighted by Crippen LogP contribution is 2.18. The summed E-state index contributed by atoms with van der Waals surface area (Å²) < 4.78 is 10.3. The van der Waals surface area contributed by atoms with Crippen LogP contribution in [0.5, 0.6) is 5.75 Å². The van der Waals surface area contributed by atoms with Gasteiger partial charge < -0.3 is 14.5 Å². The second-order valence-corrected chi connectivity index (χ2v) is 4.19. The number of carbonyl (C=O) groups is 1. The molecule has 2 heterocycles. The highest BCUT2D eigenvalue weighted by molar-refractivity contribution is 6.19. The SMILES string of the molecule is COc1cccc(C2=N/C(=C/c3ccco3)C(=O)N2)c1. The number of nitrogens with one attached hydrogen (secondary N) is 1. The van der Waals surface area contributed by atoms with Crippen molar-refractivity contribution in [2.24, 2.45) is 4.99 Å². The lowest BCUT2D eigenvalue weighted by Crippen LogP contribution is -2.24. The topological polar surface area (TPSA) is 63.8 Å². The van der Waals surface area contributed by atoms with E-state index < -0.39 is 0 Å². The van der Waals surface area contributed by atoms with Crippen LogP contribution in [0.1, 0.15) is 11.3 Å². The van der Waals surface area contributed by atoms with Gasteiger partial charge in [-0.15, -0.1) is 0 Å². The number of hydrogen-bond acceptors (Lipinski definition) is 4. The van der Waals surface area contributed by atoms with Gasteiger partial charge in [0.1, 0.15) is 23.0 Å². The van der Waals surface area contributed by atoms with Crippen LogP contribution < -0.4 is 10.1 Å². The fraction of sp³-hybridized carbons (Fsp3) is 0.0667. The molecule has 1 amide bonds. The molecule has 0 unspecified atom stereocenters. The van der Waals surface area contributed by atoms with E-state index in [-0.39, 0.29) is 5.91 Å². The second-order valence-electron chi connectivity index (χ2n) is 4.19. The van der Waals surface area contributed by atoms with Crippen LogP contribution in [0.3, 0.4) is 0 Å². The number of rotatable bonds is 3.